The fraction of sp³-hybridized carbons (Fsp3) is 1.00. The lowest BCUT2D eigenvalue weighted by Crippen LogP contribution is -2.39. The third-order valence-corrected chi connectivity index (χ3v) is 4.88. The molecule has 0 amide bonds. The predicted octanol–water partition coefficient (Wildman–Crippen LogP) is 1.92. The average Bonchev–Trinajstić information content (AvgIpc) is 2.46. The van der Waals surface area contributed by atoms with Crippen LogP contribution in [0.2, 0.25) is 0 Å². The van der Waals surface area contributed by atoms with Crippen LogP contribution in [-0.4, -0.2) is 23.3 Å². The molecule has 2 nitrogen and oxygen atoms in total. The Balaban J connectivity index is 1.94. The first-order valence-electron chi connectivity index (χ1n) is 5.81. The summed E-state index contributed by atoms with van der Waals surface area (Å²) in [5, 5.41) is 13.4. The van der Waals surface area contributed by atoms with Gasteiger partial charge in [-0.2, -0.15) is 0 Å². The van der Waals surface area contributed by atoms with E-state index in [0.29, 0.717) is 22.9 Å². The average molecular weight is 197 g/mol. The van der Waals surface area contributed by atoms with Crippen LogP contribution in [0.15, 0.2) is 0 Å². The van der Waals surface area contributed by atoms with Crippen LogP contribution < -0.4 is 5.32 Å². The van der Waals surface area contributed by atoms with Crippen LogP contribution in [-0.2, 0) is 0 Å². The molecular formula is C12H23NO. The largest absolute Gasteiger partial charge is 0.392 e. The molecule has 82 valence electrons. The second-order valence-electron chi connectivity index (χ2n) is 6.15. The first kappa shape index (κ1) is 10.4. The molecule has 0 saturated heterocycles. The fourth-order valence-electron chi connectivity index (χ4n) is 2.96. The first-order valence-corrected chi connectivity index (χ1v) is 5.81. The van der Waals surface area contributed by atoms with Crippen LogP contribution in [0.4, 0.5) is 0 Å². The Morgan fingerprint density at radius 3 is 2.00 bits per heavy atom. The third kappa shape index (κ3) is 1.31. The van der Waals surface area contributed by atoms with Gasteiger partial charge in [0.05, 0.1) is 6.10 Å². The number of nitrogens with one attached hydrogen (secondary N) is 1. The van der Waals surface area contributed by atoms with Crippen LogP contribution in [0.1, 0.15) is 47.0 Å². The molecule has 2 saturated carbocycles. The molecule has 2 aliphatic carbocycles. The molecule has 0 radical (unpaired) electrons. The molecule has 2 heteroatoms. The van der Waals surface area contributed by atoms with E-state index in [1.165, 1.54) is 6.42 Å². The normalized spacial score (nSPS) is 40.1. The van der Waals surface area contributed by atoms with Crippen LogP contribution >= 0.6 is 0 Å². The van der Waals surface area contributed by atoms with Gasteiger partial charge in [-0.25, -0.2) is 0 Å². The highest BCUT2D eigenvalue weighted by Crippen LogP contribution is 2.62. The summed E-state index contributed by atoms with van der Waals surface area (Å²) in [4.78, 5) is 0. The Kier molecular flexibility index (Phi) is 2.20. The molecule has 2 fully saturated rings. The minimum atomic E-state index is -0.109. The van der Waals surface area contributed by atoms with Crippen molar-refractivity contribution in [3.8, 4) is 0 Å². The molecule has 0 aromatic heterocycles. The van der Waals surface area contributed by atoms with E-state index >= 15 is 0 Å². The van der Waals surface area contributed by atoms with Crippen LogP contribution in [0, 0.1) is 10.8 Å². The van der Waals surface area contributed by atoms with Crippen molar-refractivity contribution in [2.24, 2.45) is 10.8 Å². The second kappa shape index (κ2) is 2.96. The Morgan fingerprint density at radius 1 is 1.07 bits per heavy atom. The highest BCUT2D eigenvalue weighted by molar-refractivity contribution is 5.18. The Bertz CT molecular complexity index is 220. The van der Waals surface area contributed by atoms with Gasteiger partial charge in [-0.15, -0.1) is 0 Å². The van der Waals surface area contributed by atoms with Gasteiger partial charge in [0.2, 0.25) is 0 Å². The van der Waals surface area contributed by atoms with Crippen molar-refractivity contribution in [3.63, 3.8) is 0 Å². The van der Waals surface area contributed by atoms with Gasteiger partial charge in [0.15, 0.2) is 0 Å². The second-order valence-corrected chi connectivity index (χ2v) is 6.15. The molecule has 0 bridgehead atoms. The van der Waals surface area contributed by atoms with Gasteiger partial charge in [-0.05, 0) is 30.1 Å². The fourth-order valence-corrected chi connectivity index (χ4v) is 2.96. The maximum atomic E-state index is 9.74. The van der Waals surface area contributed by atoms with Gasteiger partial charge < -0.3 is 10.4 Å². The minimum Gasteiger partial charge on any atom is -0.392 e. The van der Waals surface area contributed by atoms with Crippen molar-refractivity contribution in [2.45, 2.75) is 65.1 Å². The van der Waals surface area contributed by atoms with Crippen molar-refractivity contribution in [1.29, 1.82) is 0 Å². The van der Waals surface area contributed by atoms with E-state index in [-0.39, 0.29) is 6.10 Å². The topological polar surface area (TPSA) is 32.3 Å². The number of hydrogen-bond donors (Lipinski definition) is 2. The summed E-state index contributed by atoms with van der Waals surface area (Å²) in [6.45, 7) is 9.25. The molecule has 0 aromatic carbocycles. The SMILES string of the molecule is CC1(C)C(NC2CCCC2O)C1(C)C. The van der Waals surface area contributed by atoms with Gasteiger partial charge in [-0.1, -0.05) is 27.7 Å². The zero-order valence-electron chi connectivity index (χ0n) is 9.80. The Morgan fingerprint density at radius 2 is 1.64 bits per heavy atom. The van der Waals surface area contributed by atoms with Crippen molar-refractivity contribution >= 4 is 0 Å². The van der Waals surface area contributed by atoms with E-state index in [1.807, 2.05) is 0 Å². The van der Waals surface area contributed by atoms with E-state index in [4.69, 9.17) is 0 Å². The van der Waals surface area contributed by atoms with Gasteiger partial charge in [0.25, 0.3) is 0 Å². The molecule has 2 aliphatic rings. The lowest BCUT2D eigenvalue weighted by atomic mass is 10.0. The number of rotatable bonds is 2. The maximum absolute atomic E-state index is 9.74. The summed E-state index contributed by atoms with van der Waals surface area (Å²) >= 11 is 0. The zero-order chi connectivity index (χ0) is 10.6. The Labute approximate surface area is 87.1 Å². The molecule has 2 atom stereocenters. The highest BCUT2D eigenvalue weighted by atomic mass is 16.3. The Hall–Kier alpha value is -0.0800. The van der Waals surface area contributed by atoms with Crippen molar-refractivity contribution in [2.75, 3.05) is 0 Å². The van der Waals surface area contributed by atoms with Crippen LogP contribution in [0.25, 0.3) is 0 Å². The van der Waals surface area contributed by atoms with Gasteiger partial charge in [0, 0.05) is 12.1 Å². The van der Waals surface area contributed by atoms with Crippen LogP contribution in [0.3, 0.4) is 0 Å². The summed E-state index contributed by atoms with van der Waals surface area (Å²) in [6, 6.07) is 0.925. The van der Waals surface area contributed by atoms with Gasteiger partial charge in [-0.3, -0.25) is 0 Å². The molecular weight excluding hydrogens is 174 g/mol. The summed E-state index contributed by atoms with van der Waals surface area (Å²) in [7, 11) is 0. The third-order valence-electron chi connectivity index (χ3n) is 4.88. The van der Waals surface area contributed by atoms with E-state index in [1.54, 1.807) is 0 Å². The predicted molar refractivity (Wildman–Crippen MR) is 58.1 cm³/mol. The molecule has 2 N–H and O–H groups in total. The van der Waals surface area contributed by atoms with Crippen LogP contribution in [0.5, 0.6) is 0 Å². The molecule has 0 aliphatic heterocycles. The van der Waals surface area contributed by atoms with E-state index in [2.05, 4.69) is 33.0 Å². The summed E-state index contributed by atoms with van der Waals surface area (Å²) in [6.07, 6.45) is 3.18. The number of aliphatic hydroxyl groups is 1. The van der Waals surface area contributed by atoms with Gasteiger partial charge in [0.1, 0.15) is 0 Å². The monoisotopic (exact) mass is 197 g/mol. The van der Waals surface area contributed by atoms with E-state index in [0.717, 1.165) is 12.8 Å². The minimum absolute atomic E-state index is 0.109. The van der Waals surface area contributed by atoms with E-state index in [9.17, 15) is 5.11 Å². The first-order chi connectivity index (χ1) is 6.37. The highest BCUT2D eigenvalue weighted by Gasteiger charge is 2.65. The smallest absolute Gasteiger partial charge is 0.0693 e. The summed E-state index contributed by atoms with van der Waals surface area (Å²) in [5.41, 5.74) is 0.768. The molecule has 14 heavy (non-hydrogen) atoms. The molecule has 0 aromatic rings. The summed E-state index contributed by atoms with van der Waals surface area (Å²) < 4.78 is 0. The number of aliphatic hydroxyl groups excluding tert-OH is 1. The zero-order valence-corrected chi connectivity index (χ0v) is 9.80. The number of hydrogen-bond acceptors (Lipinski definition) is 2. The van der Waals surface area contributed by atoms with Crippen molar-refractivity contribution in [1.82, 2.24) is 5.32 Å². The lowest BCUT2D eigenvalue weighted by Gasteiger charge is -2.17. The quantitative estimate of drug-likeness (QED) is 0.709. The standard InChI is InChI=1S/C12H23NO/c1-11(2)10(12(11,3)4)13-8-6-5-7-9(8)14/h8-10,13-14H,5-7H2,1-4H3. The lowest BCUT2D eigenvalue weighted by molar-refractivity contribution is 0.145. The van der Waals surface area contributed by atoms with Crippen molar-refractivity contribution < 1.29 is 5.11 Å². The molecule has 0 spiro atoms. The van der Waals surface area contributed by atoms with Gasteiger partial charge >= 0.3 is 0 Å². The summed E-state index contributed by atoms with van der Waals surface area (Å²) in [5.74, 6) is 0. The molecule has 2 rings (SSSR count). The van der Waals surface area contributed by atoms with Crippen molar-refractivity contribution in [3.05, 3.63) is 0 Å². The molecule has 2 unspecified atom stereocenters. The molecule has 0 heterocycles. The maximum Gasteiger partial charge on any atom is 0.0693 e. The van der Waals surface area contributed by atoms with E-state index < -0.39 is 0 Å².